The van der Waals surface area contributed by atoms with Crippen molar-refractivity contribution in [2.24, 2.45) is 0 Å². The molecule has 4 rings (SSSR count). The van der Waals surface area contributed by atoms with Crippen LogP contribution in [0.4, 0.5) is 21.5 Å². The van der Waals surface area contributed by atoms with Crippen molar-refractivity contribution in [3.63, 3.8) is 0 Å². The fourth-order valence-corrected chi connectivity index (χ4v) is 2.88. The van der Waals surface area contributed by atoms with Crippen LogP contribution in [0.25, 0.3) is 5.57 Å². The minimum Gasteiger partial charge on any atom is -0.377 e. The van der Waals surface area contributed by atoms with E-state index in [0.29, 0.717) is 23.5 Å². The summed E-state index contributed by atoms with van der Waals surface area (Å²) < 4.78 is 14.4. The third-order valence-corrected chi connectivity index (χ3v) is 4.36. The Morgan fingerprint density at radius 1 is 1.14 bits per heavy atom. The summed E-state index contributed by atoms with van der Waals surface area (Å²) in [4.78, 5) is 20.5. The number of hydrogen-bond donors (Lipinski definition) is 3. The van der Waals surface area contributed by atoms with Gasteiger partial charge < -0.3 is 16.0 Å². The van der Waals surface area contributed by atoms with Gasteiger partial charge in [0.1, 0.15) is 5.82 Å². The molecule has 1 aromatic heterocycles. The van der Waals surface area contributed by atoms with Crippen LogP contribution in [-0.4, -0.2) is 15.9 Å². The minimum atomic E-state index is -0.403. The number of aryl methyl sites for hydroxylation is 1. The van der Waals surface area contributed by atoms with E-state index in [1.165, 1.54) is 6.07 Å². The lowest BCUT2D eigenvalue weighted by Gasteiger charge is -2.09. The molecule has 140 valence electrons. The molecule has 0 aliphatic carbocycles. The van der Waals surface area contributed by atoms with Crippen molar-refractivity contribution in [1.82, 2.24) is 9.97 Å². The molecule has 0 unspecified atom stereocenters. The van der Waals surface area contributed by atoms with E-state index in [1.807, 2.05) is 31.2 Å². The van der Waals surface area contributed by atoms with Crippen LogP contribution >= 0.6 is 0 Å². The van der Waals surface area contributed by atoms with Crippen LogP contribution in [0.5, 0.6) is 0 Å². The Bertz CT molecular complexity index is 1060. The summed E-state index contributed by atoms with van der Waals surface area (Å²) in [5.41, 5.74) is 4.56. The zero-order chi connectivity index (χ0) is 19.5. The number of hydrogen-bond acceptors (Lipinski definition) is 5. The summed E-state index contributed by atoms with van der Waals surface area (Å²) in [6.07, 6.45) is 4.92. The average Bonchev–Trinajstić information content (AvgIpc) is 3.02. The van der Waals surface area contributed by atoms with Gasteiger partial charge in [0.15, 0.2) is 0 Å². The Morgan fingerprint density at radius 3 is 2.79 bits per heavy atom. The molecule has 7 heteroatoms. The van der Waals surface area contributed by atoms with Gasteiger partial charge in [0.05, 0.1) is 35.4 Å². The van der Waals surface area contributed by atoms with Crippen LogP contribution in [0.3, 0.4) is 0 Å². The molecule has 0 radical (unpaired) electrons. The topological polar surface area (TPSA) is 78.9 Å². The first-order valence-electron chi connectivity index (χ1n) is 8.78. The van der Waals surface area contributed by atoms with Gasteiger partial charge in [-0.3, -0.25) is 14.8 Å². The normalized spacial score (nSPS) is 13.9. The van der Waals surface area contributed by atoms with E-state index < -0.39 is 5.82 Å². The van der Waals surface area contributed by atoms with E-state index in [0.717, 1.165) is 22.6 Å². The van der Waals surface area contributed by atoms with Crippen molar-refractivity contribution in [3.05, 3.63) is 83.8 Å². The van der Waals surface area contributed by atoms with Gasteiger partial charge in [-0.1, -0.05) is 18.2 Å². The van der Waals surface area contributed by atoms with Gasteiger partial charge in [0, 0.05) is 29.3 Å². The highest BCUT2D eigenvalue weighted by atomic mass is 19.1. The van der Waals surface area contributed by atoms with Crippen LogP contribution in [-0.2, 0) is 11.3 Å². The maximum Gasteiger partial charge on any atom is 0.257 e. The van der Waals surface area contributed by atoms with E-state index in [-0.39, 0.29) is 5.91 Å². The molecule has 0 saturated carbocycles. The summed E-state index contributed by atoms with van der Waals surface area (Å²) in [5, 5.41) is 8.80. The lowest BCUT2D eigenvalue weighted by atomic mass is 10.1. The number of halogens is 1. The molecule has 1 aliphatic heterocycles. The number of aromatic nitrogens is 2. The molecular formula is C21H18FN5O. The van der Waals surface area contributed by atoms with Gasteiger partial charge >= 0.3 is 0 Å². The Hall–Kier alpha value is -3.74. The van der Waals surface area contributed by atoms with Crippen molar-refractivity contribution < 1.29 is 9.18 Å². The zero-order valence-electron chi connectivity index (χ0n) is 15.2. The Kier molecular flexibility index (Phi) is 4.72. The summed E-state index contributed by atoms with van der Waals surface area (Å²) in [6.45, 7) is 2.23. The molecule has 3 aromatic rings. The highest BCUT2D eigenvalue weighted by Crippen LogP contribution is 2.31. The standard InChI is InChI=1S/C21H18FN5O/c1-13-9-24-15(10-23-13)11-26-20-7-6-14(8-18(20)22)25-12-17-16-4-2-3-5-19(16)27-21(17)28/h2-10,12,25-26H,11H2,1H3,(H,27,28). The molecule has 2 aromatic carbocycles. The summed E-state index contributed by atoms with van der Waals surface area (Å²) in [7, 11) is 0. The molecule has 6 nitrogen and oxygen atoms in total. The van der Waals surface area contributed by atoms with Gasteiger partial charge in [-0.15, -0.1) is 0 Å². The number of benzene rings is 2. The van der Waals surface area contributed by atoms with Gasteiger partial charge in [0.25, 0.3) is 5.91 Å². The number of carbonyl (C=O) groups is 1. The van der Waals surface area contributed by atoms with Crippen molar-refractivity contribution in [2.45, 2.75) is 13.5 Å². The highest BCUT2D eigenvalue weighted by molar-refractivity contribution is 6.31. The minimum absolute atomic E-state index is 0.188. The lowest BCUT2D eigenvalue weighted by molar-refractivity contribution is -0.110. The number of rotatable bonds is 5. The molecular weight excluding hydrogens is 357 g/mol. The lowest BCUT2D eigenvalue weighted by Crippen LogP contribution is -2.06. The van der Waals surface area contributed by atoms with Crippen molar-refractivity contribution in [2.75, 3.05) is 16.0 Å². The number of carbonyl (C=O) groups excluding carboxylic acids is 1. The number of para-hydroxylation sites is 1. The molecule has 0 atom stereocenters. The zero-order valence-corrected chi connectivity index (χ0v) is 15.2. The molecule has 0 fully saturated rings. The Balaban J connectivity index is 1.45. The molecule has 28 heavy (non-hydrogen) atoms. The Labute approximate surface area is 161 Å². The molecule has 3 N–H and O–H groups in total. The second-order valence-electron chi connectivity index (χ2n) is 6.40. The maximum absolute atomic E-state index is 14.4. The quantitative estimate of drug-likeness (QED) is 0.589. The molecule has 1 aliphatic rings. The van der Waals surface area contributed by atoms with Gasteiger partial charge in [-0.05, 0) is 31.2 Å². The van der Waals surface area contributed by atoms with Crippen molar-refractivity contribution in [1.29, 1.82) is 0 Å². The molecule has 0 saturated heterocycles. The van der Waals surface area contributed by atoms with Crippen molar-refractivity contribution >= 4 is 28.5 Å². The van der Waals surface area contributed by atoms with Crippen LogP contribution in [0, 0.1) is 12.7 Å². The van der Waals surface area contributed by atoms with E-state index in [4.69, 9.17) is 0 Å². The molecule has 1 amide bonds. The van der Waals surface area contributed by atoms with Gasteiger partial charge in [-0.25, -0.2) is 4.39 Å². The maximum atomic E-state index is 14.4. The van der Waals surface area contributed by atoms with E-state index >= 15 is 0 Å². The summed E-state index contributed by atoms with van der Waals surface area (Å²) in [5.74, 6) is -0.591. The number of fused-ring (bicyclic) bond motifs is 1. The summed E-state index contributed by atoms with van der Waals surface area (Å²) in [6, 6.07) is 12.2. The monoisotopic (exact) mass is 375 g/mol. The average molecular weight is 375 g/mol. The fourth-order valence-electron chi connectivity index (χ4n) is 2.88. The first kappa shape index (κ1) is 17.7. The third-order valence-electron chi connectivity index (χ3n) is 4.36. The second kappa shape index (κ2) is 7.48. The molecule has 0 bridgehead atoms. The van der Waals surface area contributed by atoms with E-state index in [1.54, 1.807) is 30.7 Å². The van der Waals surface area contributed by atoms with E-state index in [9.17, 15) is 9.18 Å². The predicted molar refractivity (Wildman–Crippen MR) is 107 cm³/mol. The highest BCUT2D eigenvalue weighted by Gasteiger charge is 2.23. The van der Waals surface area contributed by atoms with Gasteiger partial charge in [-0.2, -0.15) is 0 Å². The number of nitrogens with one attached hydrogen (secondary N) is 3. The van der Waals surface area contributed by atoms with Crippen LogP contribution in [0.1, 0.15) is 17.0 Å². The Morgan fingerprint density at radius 2 is 2.00 bits per heavy atom. The van der Waals surface area contributed by atoms with Crippen LogP contribution < -0.4 is 16.0 Å². The van der Waals surface area contributed by atoms with Gasteiger partial charge in [0.2, 0.25) is 0 Å². The predicted octanol–water partition coefficient (Wildman–Crippen LogP) is 3.94. The second-order valence-corrected chi connectivity index (χ2v) is 6.40. The van der Waals surface area contributed by atoms with Crippen LogP contribution in [0.15, 0.2) is 61.1 Å². The van der Waals surface area contributed by atoms with Crippen molar-refractivity contribution in [3.8, 4) is 0 Å². The molecule has 0 spiro atoms. The first-order chi connectivity index (χ1) is 13.6. The first-order valence-corrected chi connectivity index (χ1v) is 8.78. The smallest absolute Gasteiger partial charge is 0.257 e. The number of anilines is 3. The summed E-state index contributed by atoms with van der Waals surface area (Å²) >= 11 is 0. The number of amides is 1. The SMILES string of the molecule is Cc1cnc(CNc2ccc(NC=C3C(=O)Nc4ccccc43)cc2F)cn1. The largest absolute Gasteiger partial charge is 0.377 e. The third kappa shape index (κ3) is 3.68. The number of nitrogens with zero attached hydrogens (tertiary/aromatic N) is 2. The molecule has 2 heterocycles. The fraction of sp³-hybridized carbons (Fsp3) is 0.0952. The van der Waals surface area contributed by atoms with E-state index in [2.05, 4.69) is 25.9 Å². The van der Waals surface area contributed by atoms with Crippen LogP contribution in [0.2, 0.25) is 0 Å².